The maximum atomic E-state index is 4.38. The number of hydrogen-bond donors (Lipinski definition) is 2. The van der Waals surface area contributed by atoms with Gasteiger partial charge in [-0.15, -0.1) is 0 Å². The molecule has 0 aliphatic heterocycles. The Morgan fingerprint density at radius 3 is 2.68 bits per heavy atom. The predicted molar refractivity (Wildman–Crippen MR) is 81.2 cm³/mol. The maximum Gasteiger partial charge on any atom is 0.0705 e. The van der Waals surface area contributed by atoms with E-state index in [4.69, 9.17) is 0 Å². The van der Waals surface area contributed by atoms with Crippen molar-refractivity contribution in [1.82, 2.24) is 15.6 Å². The summed E-state index contributed by atoms with van der Waals surface area (Å²) in [5, 5.41) is 8.18. The van der Waals surface area contributed by atoms with Gasteiger partial charge in [-0.05, 0) is 38.5 Å². The normalized spacial score (nSPS) is 11.9. The number of aromatic nitrogens is 1. The number of nitrogens with one attached hydrogen (secondary N) is 2. The molecule has 2 rings (SSSR count). The van der Waals surface area contributed by atoms with Gasteiger partial charge in [-0.2, -0.15) is 0 Å². The first-order valence-electron chi connectivity index (χ1n) is 6.85. The average molecular weight is 257 g/mol. The topological polar surface area (TPSA) is 37.0 Å². The second-order valence-corrected chi connectivity index (χ2v) is 5.84. The fraction of sp³-hybridized carbons (Fsp3) is 0.438. The monoisotopic (exact) mass is 257 g/mol. The van der Waals surface area contributed by atoms with Crippen LogP contribution in [0.5, 0.6) is 0 Å². The highest BCUT2D eigenvalue weighted by Gasteiger charge is 2.07. The Bertz CT molecular complexity index is 524. The Labute approximate surface area is 115 Å². The van der Waals surface area contributed by atoms with Gasteiger partial charge in [0.15, 0.2) is 0 Å². The van der Waals surface area contributed by atoms with Crippen molar-refractivity contribution < 1.29 is 0 Å². The van der Waals surface area contributed by atoms with E-state index in [2.05, 4.69) is 60.7 Å². The van der Waals surface area contributed by atoms with Gasteiger partial charge in [-0.25, -0.2) is 0 Å². The molecule has 0 unspecified atom stereocenters. The number of nitrogens with zero attached hydrogens (tertiary/aromatic N) is 1. The first kappa shape index (κ1) is 14.0. The van der Waals surface area contributed by atoms with Crippen molar-refractivity contribution in [2.75, 3.05) is 13.1 Å². The van der Waals surface area contributed by atoms with Crippen molar-refractivity contribution in [2.45, 2.75) is 32.9 Å². The molecule has 102 valence electrons. The number of hydrogen-bond acceptors (Lipinski definition) is 3. The molecule has 1 heterocycles. The van der Waals surface area contributed by atoms with Crippen molar-refractivity contribution >= 4 is 10.9 Å². The van der Waals surface area contributed by atoms with Crippen molar-refractivity contribution in [3.63, 3.8) is 0 Å². The Balaban J connectivity index is 1.88. The van der Waals surface area contributed by atoms with Gasteiger partial charge in [0.25, 0.3) is 0 Å². The molecule has 0 aliphatic carbocycles. The number of benzene rings is 1. The van der Waals surface area contributed by atoms with Gasteiger partial charge < -0.3 is 10.6 Å². The van der Waals surface area contributed by atoms with Crippen LogP contribution in [0, 0.1) is 0 Å². The molecule has 0 bridgehead atoms. The Morgan fingerprint density at radius 1 is 1.05 bits per heavy atom. The summed E-state index contributed by atoms with van der Waals surface area (Å²) in [5.74, 6) is 0. The van der Waals surface area contributed by atoms with E-state index < -0.39 is 0 Å². The minimum Gasteiger partial charge on any atom is -0.311 e. The van der Waals surface area contributed by atoms with E-state index in [0.717, 1.165) is 25.2 Å². The van der Waals surface area contributed by atoms with Crippen LogP contribution < -0.4 is 10.6 Å². The fourth-order valence-electron chi connectivity index (χ4n) is 2.07. The molecule has 1 aromatic carbocycles. The third-order valence-corrected chi connectivity index (χ3v) is 3.01. The summed E-state index contributed by atoms with van der Waals surface area (Å²) in [4.78, 5) is 4.38. The molecular weight excluding hydrogens is 234 g/mol. The second kappa shape index (κ2) is 6.13. The summed E-state index contributed by atoms with van der Waals surface area (Å²) >= 11 is 0. The van der Waals surface area contributed by atoms with Crippen LogP contribution in [0.2, 0.25) is 0 Å². The summed E-state index contributed by atoms with van der Waals surface area (Å²) in [7, 11) is 0. The highest BCUT2D eigenvalue weighted by atomic mass is 15.0. The summed E-state index contributed by atoms with van der Waals surface area (Å²) in [6, 6.07) is 10.4. The number of rotatable bonds is 5. The summed E-state index contributed by atoms with van der Waals surface area (Å²) in [6.45, 7) is 9.38. The molecule has 0 saturated heterocycles. The minimum absolute atomic E-state index is 0.186. The molecule has 3 nitrogen and oxygen atoms in total. The van der Waals surface area contributed by atoms with Crippen LogP contribution in [0.4, 0.5) is 0 Å². The van der Waals surface area contributed by atoms with E-state index in [1.165, 1.54) is 10.9 Å². The first-order valence-corrected chi connectivity index (χ1v) is 6.85. The maximum absolute atomic E-state index is 4.38. The summed E-state index contributed by atoms with van der Waals surface area (Å²) < 4.78 is 0. The van der Waals surface area contributed by atoms with Gasteiger partial charge in [-0.1, -0.05) is 18.2 Å². The van der Waals surface area contributed by atoms with Crippen molar-refractivity contribution in [3.8, 4) is 0 Å². The lowest BCUT2D eigenvalue weighted by atomic mass is 10.1. The standard InChI is InChI=1S/C16H23N3/c1-16(2,3)19-11-10-17-12-13-6-4-8-15-14(13)7-5-9-18-15/h4-9,17,19H,10-12H2,1-3H3. The van der Waals surface area contributed by atoms with E-state index >= 15 is 0 Å². The molecule has 19 heavy (non-hydrogen) atoms. The van der Waals surface area contributed by atoms with Crippen LogP contribution in [0.1, 0.15) is 26.3 Å². The van der Waals surface area contributed by atoms with E-state index in [-0.39, 0.29) is 5.54 Å². The lowest BCUT2D eigenvalue weighted by Gasteiger charge is -2.20. The molecule has 2 N–H and O–H groups in total. The average Bonchev–Trinajstić information content (AvgIpc) is 2.37. The Kier molecular flexibility index (Phi) is 4.51. The molecule has 0 fully saturated rings. The van der Waals surface area contributed by atoms with Crippen LogP contribution in [0.3, 0.4) is 0 Å². The Hall–Kier alpha value is -1.45. The largest absolute Gasteiger partial charge is 0.311 e. The quantitative estimate of drug-likeness (QED) is 0.809. The molecule has 1 aromatic heterocycles. The van der Waals surface area contributed by atoms with Crippen LogP contribution in [0.25, 0.3) is 10.9 Å². The highest BCUT2D eigenvalue weighted by Crippen LogP contribution is 2.15. The number of pyridine rings is 1. The van der Waals surface area contributed by atoms with E-state index in [0.29, 0.717) is 0 Å². The smallest absolute Gasteiger partial charge is 0.0705 e. The van der Waals surface area contributed by atoms with Crippen molar-refractivity contribution in [3.05, 3.63) is 42.1 Å². The summed E-state index contributed by atoms with van der Waals surface area (Å²) in [6.07, 6.45) is 1.84. The first-order chi connectivity index (χ1) is 9.06. The minimum atomic E-state index is 0.186. The summed E-state index contributed by atoms with van der Waals surface area (Å²) in [5.41, 5.74) is 2.56. The zero-order valence-electron chi connectivity index (χ0n) is 12.0. The zero-order chi connectivity index (χ0) is 13.7. The molecule has 0 spiro atoms. The van der Waals surface area contributed by atoms with Crippen LogP contribution in [0.15, 0.2) is 36.5 Å². The van der Waals surface area contributed by atoms with E-state index in [1.54, 1.807) is 0 Å². The van der Waals surface area contributed by atoms with Crippen molar-refractivity contribution in [2.24, 2.45) is 0 Å². The molecule has 2 aromatic rings. The molecule has 0 amide bonds. The molecule has 0 atom stereocenters. The van der Waals surface area contributed by atoms with E-state index in [9.17, 15) is 0 Å². The molecule has 0 aliphatic rings. The lowest BCUT2D eigenvalue weighted by Crippen LogP contribution is -2.40. The van der Waals surface area contributed by atoms with Gasteiger partial charge >= 0.3 is 0 Å². The molecular formula is C16H23N3. The van der Waals surface area contributed by atoms with Crippen LogP contribution in [-0.4, -0.2) is 23.6 Å². The highest BCUT2D eigenvalue weighted by molar-refractivity contribution is 5.81. The molecule has 0 radical (unpaired) electrons. The number of fused-ring (bicyclic) bond motifs is 1. The lowest BCUT2D eigenvalue weighted by molar-refractivity contribution is 0.421. The van der Waals surface area contributed by atoms with Gasteiger partial charge in [0, 0.05) is 36.8 Å². The molecule has 0 saturated carbocycles. The third-order valence-electron chi connectivity index (χ3n) is 3.01. The molecule has 3 heteroatoms. The van der Waals surface area contributed by atoms with Crippen molar-refractivity contribution in [1.29, 1.82) is 0 Å². The van der Waals surface area contributed by atoms with Gasteiger partial charge in [-0.3, -0.25) is 4.98 Å². The van der Waals surface area contributed by atoms with Gasteiger partial charge in [0.1, 0.15) is 0 Å². The third kappa shape index (κ3) is 4.30. The van der Waals surface area contributed by atoms with Gasteiger partial charge in [0.2, 0.25) is 0 Å². The Morgan fingerprint density at radius 2 is 1.89 bits per heavy atom. The fourth-order valence-corrected chi connectivity index (χ4v) is 2.07. The second-order valence-electron chi connectivity index (χ2n) is 5.84. The predicted octanol–water partition coefficient (Wildman–Crippen LogP) is 2.71. The zero-order valence-corrected chi connectivity index (χ0v) is 12.0. The van der Waals surface area contributed by atoms with E-state index in [1.807, 2.05) is 12.3 Å². The SMILES string of the molecule is CC(C)(C)NCCNCc1cccc2ncccc12. The van der Waals surface area contributed by atoms with Crippen LogP contribution >= 0.6 is 0 Å². The van der Waals surface area contributed by atoms with Gasteiger partial charge in [0.05, 0.1) is 5.52 Å². The van der Waals surface area contributed by atoms with Crippen LogP contribution in [-0.2, 0) is 6.54 Å².